The Bertz CT molecular complexity index is 534. The van der Waals surface area contributed by atoms with E-state index in [2.05, 4.69) is 0 Å². The zero-order valence-electron chi connectivity index (χ0n) is 11.2. The number of carbonyl (C=O) groups excluding carboxylic acids is 1. The third kappa shape index (κ3) is 3.62. The lowest BCUT2D eigenvalue weighted by molar-refractivity contribution is -0.139. The fourth-order valence-corrected chi connectivity index (χ4v) is 2.91. The summed E-state index contributed by atoms with van der Waals surface area (Å²) in [6.07, 6.45) is -2.98. The number of rotatable bonds is 3. The molecule has 1 aromatic carbocycles. The van der Waals surface area contributed by atoms with Crippen molar-refractivity contribution in [1.82, 2.24) is 0 Å². The van der Waals surface area contributed by atoms with Crippen LogP contribution in [0.3, 0.4) is 0 Å². The normalized spacial score (nSPS) is 23.1. The Labute approximate surface area is 119 Å². The molecular weight excluding hydrogens is 285 g/mol. The van der Waals surface area contributed by atoms with Gasteiger partial charge in [-0.1, -0.05) is 12.1 Å². The monoisotopic (exact) mass is 300 g/mol. The molecule has 1 N–H and O–H groups in total. The second kappa shape index (κ2) is 5.87. The highest BCUT2D eigenvalue weighted by molar-refractivity contribution is 5.87. The van der Waals surface area contributed by atoms with E-state index in [1.54, 1.807) is 0 Å². The minimum atomic E-state index is -4.42. The van der Waals surface area contributed by atoms with E-state index >= 15 is 0 Å². The third-order valence-corrected chi connectivity index (χ3v) is 3.85. The second-order valence-electron chi connectivity index (χ2n) is 5.31. The van der Waals surface area contributed by atoms with Gasteiger partial charge in [-0.15, -0.1) is 0 Å². The number of hydrogen-bond acceptors (Lipinski definition) is 2. The summed E-state index contributed by atoms with van der Waals surface area (Å²) >= 11 is 0. The predicted octanol–water partition coefficient (Wildman–Crippen LogP) is 3.63. The number of benzene rings is 1. The van der Waals surface area contributed by atoms with Gasteiger partial charge in [0.1, 0.15) is 5.78 Å². The molecule has 1 aliphatic carbocycles. The molecule has 0 aliphatic heterocycles. The maximum atomic E-state index is 12.5. The Morgan fingerprint density at radius 3 is 2.38 bits per heavy atom. The van der Waals surface area contributed by atoms with Gasteiger partial charge in [0.25, 0.3) is 0 Å². The van der Waals surface area contributed by atoms with Gasteiger partial charge in [0.05, 0.1) is 5.56 Å². The lowest BCUT2D eigenvalue weighted by Gasteiger charge is -2.29. The molecule has 0 heterocycles. The van der Waals surface area contributed by atoms with Crippen LogP contribution < -0.4 is 0 Å². The largest absolute Gasteiger partial charge is 0.481 e. The van der Waals surface area contributed by atoms with Gasteiger partial charge in [0.2, 0.25) is 0 Å². The number of aliphatic carboxylic acids is 1. The van der Waals surface area contributed by atoms with Gasteiger partial charge in [-0.3, -0.25) is 9.59 Å². The fraction of sp³-hybridized carbons (Fsp3) is 0.467. The molecule has 0 aromatic heterocycles. The fourth-order valence-electron chi connectivity index (χ4n) is 2.91. The summed E-state index contributed by atoms with van der Waals surface area (Å²) in [4.78, 5) is 22.9. The van der Waals surface area contributed by atoms with Gasteiger partial charge in [0, 0.05) is 18.8 Å². The molecule has 0 spiro atoms. The highest BCUT2D eigenvalue weighted by atomic mass is 19.4. The molecule has 0 amide bonds. The van der Waals surface area contributed by atoms with Gasteiger partial charge in [-0.2, -0.15) is 13.2 Å². The van der Waals surface area contributed by atoms with Crippen molar-refractivity contribution in [3.05, 3.63) is 35.4 Å². The molecule has 1 saturated carbocycles. The molecule has 1 fully saturated rings. The van der Waals surface area contributed by atoms with Crippen LogP contribution in [-0.4, -0.2) is 16.9 Å². The van der Waals surface area contributed by atoms with Crippen LogP contribution in [0.25, 0.3) is 0 Å². The zero-order chi connectivity index (χ0) is 15.6. The Morgan fingerprint density at radius 1 is 1.24 bits per heavy atom. The van der Waals surface area contributed by atoms with E-state index in [1.807, 2.05) is 0 Å². The summed E-state index contributed by atoms with van der Waals surface area (Å²) in [5, 5.41) is 8.91. The molecule has 0 radical (unpaired) electrons. The third-order valence-electron chi connectivity index (χ3n) is 3.85. The van der Waals surface area contributed by atoms with Crippen molar-refractivity contribution < 1.29 is 27.9 Å². The van der Waals surface area contributed by atoms with Crippen molar-refractivity contribution in [2.45, 2.75) is 37.8 Å². The molecule has 0 bridgehead atoms. The highest BCUT2D eigenvalue weighted by Gasteiger charge is 2.35. The van der Waals surface area contributed by atoms with Gasteiger partial charge >= 0.3 is 12.1 Å². The molecule has 0 unspecified atom stereocenters. The van der Waals surface area contributed by atoms with Crippen molar-refractivity contribution in [3.63, 3.8) is 0 Å². The molecule has 6 heteroatoms. The first-order valence-corrected chi connectivity index (χ1v) is 6.70. The molecule has 0 saturated heterocycles. The first-order valence-electron chi connectivity index (χ1n) is 6.70. The summed E-state index contributed by atoms with van der Waals surface area (Å²) in [5.74, 6) is -2.04. The molecule has 114 valence electrons. The lowest BCUT2D eigenvalue weighted by Crippen LogP contribution is -2.28. The van der Waals surface area contributed by atoms with Crippen LogP contribution in [0.15, 0.2) is 24.3 Å². The summed E-state index contributed by atoms with van der Waals surface area (Å²) in [6.45, 7) is 0. The summed E-state index contributed by atoms with van der Waals surface area (Å²) < 4.78 is 37.6. The number of alkyl halides is 3. The van der Waals surface area contributed by atoms with Crippen molar-refractivity contribution in [2.24, 2.45) is 5.92 Å². The van der Waals surface area contributed by atoms with E-state index < -0.39 is 23.6 Å². The Kier molecular flexibility index (Phi) is 4.34. The Balaban J connectivity index is 2.27. The van der Waals surface area contributed by atoms with Crippen molar-refractivity contribution in [1.29, 1.82) is 0 Å². The topological polar surface area (TPSA) is 54.4 Å². The van der Waals surface area contributed by atoms with Crippen molar-refractivity contribution in [2.75, 3.05) is 0 Å². The first-order chi connectivity index (χ1) is 9.79. The standard InChI is InChI=1S/C15H15F3O3/c16-15(17,18)11-6-4-9(5-7-11)14-10(8-13(20)21)2-1-3-12(14)19/h4-7,10,14H,1-3,8H2,(H,20,21)/t10-,14-/m0/s1. The van der Waals surface area contributed by atoms with E-state index in [1.165, 1.54) is 12.1 Å². The summed E-state index contributed by atoms with van der Waals surface area (Å²) in [6, 6.07) is 4.45. The van der Waals surface area contributed by atoms with E-state index in [4.69, 9.17) is 5.11 Å². The molecule has 1 aromatic rings. The number of halogens is 3. The van der Waals surface area contributed by atoms with Crippen LogP contribution in [0.5, 0.6) is 0 Å². The maximum absolute atomic E-state index is 12.5. The van der Waals surface area contributed by atoms with Crippen molar-refractivity contribution in [3.8, 4) is 0 Å². The molecular formula is C15H15F3O3. The number of ketones is 1. The zero-order valence-corrected chi connectivity index (χ0v) is 11.2. The van der Waals surface area contributed by atoms with Gasteiger partial charge < -0.3 is 5.11 Å². The minimum absolute atomic E-state index is 0.0905. The number of carbonyl (C=O) groups is 2. The van der Waals surface area contributed by atoms with Gasteiger partial charge in [0.15, 0.2) is 0 Å². The smallest absolute Gasteiger partial charge is 0.416 e. The van der Waals surface area contributed by atoms with Crippen LogP contribution in [0, 0.1) is 5.92 Å². The van der Waals surface area contributed by atoms with Gasteiger partial charge in [-0.05, 0) is 36.5 Å². The Hall–Kier alpha value is -1.85. The van der Waals surface area contributed by atoms with E-state index in [9.17, 15) is 22.8 Å². The number of hydrogen-bond donors (Lipinski definition) is 1. The average molecular weight is 300 g/mol. The highest BCUT2D eigenvalue weighted by Crippen LogP contribution is 2.38. The maximum Gasteiger partial charge on any atom is 0.416 e. The van der Waals surface area contributed by atoms with Crippen molar-refractivity contribution >= 4 is 11.8 Å². The SMILES string of the molecule is O=C(O)C[C@@H]1CCCC(=O)[C@H]1c1ccc(C(F)(F)F)cc1. The molecule has 2 atom stereocenters. The van der Waals surface area contributed by atoms with Gasteiger partial charge in [-0.25, -0.2) is 0 Å². The molecule has 21 heavy (non-hydrogen) atoms. The van der Waals surface area contributed by atoms with Crippen LogP contribution in [0.4, 0.5) is 13.2 Å². The van der Waals surface area contributed by atoms with E-state index in [0.717, 1.165) is 12.1 Å². The first kappa shape index (κ1) is 15.5. The molecule has 2 rings (SSSR count). The quantitative estimate of drug-likeness (QED) is 0.927. The molecule has 1 aliphatic rings. The lowest BCUT2D eigenvalue weighted by atomic mass is 9.73. The van der Waals surface area contributed by atoms with Crippen LogP contribution >= 0.6 is 0 Å². The number of Topliss-reactive ketones (excluding diaryl/α,β-unsaturated/α-hetero) is 1. The number of carboxylic acids is 1. The predicted molar refractivity (Wildman–Crippen MR) is 68.8 cm³/mol. The second-order valence-corrected chi connectivity index (χ2v) is 5.31. The minimum Gasteiger partial charge on any atom is -0.481 e. The van der Waals surface area contributed by atoms with Crippen LogP contribution in [0.2, 0.25) is 0 Å². The number of carboxylic acid groups (broad SMARTS) is 1. The average Bonchev–Trinajstić information content (AvgIpc) is 2.37. The van der Waals surface area contributed by atoms with Crippen LogP contribution in [-0.2, 0) is 15.8 Å². The van der Waals surface area contributed by atoms with E-state index in [0.29, 0.717) is 24.8 Å². The van der Waals surface area contributed by atoms with E-state index in [-0.39, 0.29) is 18.1 Å². The molecule has 3 nitrogen and oxygen atoms in total. The Morgan fingerprint density at radius 2 is 1.86 bits per heavy atom. The summed E-state index contributed by atoms with van der Waals surface area (Å²) in [5.41, 5.74) is -0.303. The summed E-state index contributed by atoms with van der Waals surface area (Å²) in [7, 11) is 0. The van der Waals surface area contributed by atoms with Crippen LogP contribution in [0.1, 0.15) is 42.7 Å².